The molecule has 0 spiro atoms. The molecule has 1 aromatic heterocycles. The average molecular weight is 284 g/mol. The molecule has 1 aromatic carbocycles. The van der Waals surface area contributed by atoms with Crippen molar-refractivity contribution in [1.29, 1.82) is 0 Å². The summed E-state index contributed by atoms with van der Waals surface area (Å²) in [5.74, 6) is 1.84. The van der Waals surface area contributed by atoms with Gasteiger partial charge in [-0.1, -0.05) is 45.0 Å². The third kappa shape index (κ3) is 5.10. The molecule has 0 saturated heterocycles. The van der Waals surface area contributed by atoms with Gasteiger partial charge >= 0.3 is 0 Å². The highest BCUT2D eigenvalue weighted by molar-refractivity contribution is 5.37. The number of nitrogens with zero attached hydrogens (tertiary/aromatic N) is 1. The van der Waals surface area contributed by atoms with E-state index in [0.717, 1.165) is 24.5 Å². The lowest BCUT2D eigenvalue weighted by Gasteiger charge is -2.18. The topological polar surface area (TPSA) is 34.1 Å². The lowest BCUT2D eigenvalue weighted by molar-refractivity contribution is 0.315. The summed E-state index contributed by atoms with van der Waals surface area (Å²) in [4.78, 5) is 4.45. The van der Waals surface area contributed by atoms with Gasteiger partial charge in [-0.25, -0.2) is 4.98 Å². The van der Waals surface area contributed by atoms with Crippen LogP contribution in [0.2, 0.25) is 0 Å². The fourth-order valence-electron chi connectivity index (χ4n) is 1.94. The minimum Gasteiger partial charge on any atom is -0.494 e. The van der Waals surface area contributed by atoms with Crippen LogP contribution in [0.15, 0.2) is 48.7 Å². The smallest absolute Gasteiger partial charge is 0.125 e. The Morgan fingerprint density at radius 3 is 2.43 bits per heavy atom. The van der Waals surface area contributed by atoms with E-state index in [1.165, 1.54) is 5.56 Å². The van der Waals surface area contributed by atoms with E-state index in [9.17, 15) is 0 Å². The SMILES string of the molecule is CC(C)(C)c1ccc(NCCCOc2ccccc2)nc1. The molecule has 0 saturated carbocycles. The van der Waals surface area contributed by atoms with Crippen molar-refractivity contribution in [2.24, 2.45) is 0 Å². The van der Waals surface area contributed by atoms with Gasteiger partial charge in [-0.15, -0.1) is 0 Å². The highest BCUT2D eigenvalue weighted by Crippen LogP contribution is 2.21. The van der Waals surface area contributed by atoms with Gasteiger partial charge in [0.15, 0.2) is 0 Å². The minimum atomic E-state index is 0.148. The first kappa shape index (κ1) is 15.4. The van der Waals surface area contributed by atoms with Crippen LogP contribution in [-0.4, -0.2) is 18.1 Å². The summed E-state index contributed by atoms with van der Waals surface area (Å²) in [6, 6.07) is 14.1. The first-order valence-electron chi connectivity index (χ1n) is 7.44. The van der Waals surface area contributed by atoms with E-state index in [1.807, 2.05) is 42.6 Å². The third-order valence-corrected chi connectivity index (χ3v) is 3.27. The molecule has 3 nitrogen and oxygen atoms in total. The molecular weight excluding hydrogens is 260 g/mol. The molecule has 0 aliphatic rings. The Morgan fingerprint density at radius 2 is 1.81 bits per heavy atom. The molecule has 0 aliphatic carbocycles. The third-order valence-electron chi connectivity index (χ3n) is 3.27. The molecule has 0 fully saturated rings. The molecule has 0 aliphatic heterocycles. The van der Waals surface area contributed by atoms with Crippen LogP contribution in [0, 0.1) is 0 Å². The Bertz CT molecular complexity index is 529. The number of ether oxygens (including phenoxy) is 1. The molecule has 0 radical (unpaired) electrons. The lowest BCUT2D eigenvalue weighted by atomic mass is 9.88. The molecule has 2 rings (SSSR count). The number of rotatable bonds is 6. The molecule has 21 heavy (non-hydrogen) atoms. The summed E-state index contributed by atoms with van der Waals surface area (Å²) in [5.41, 5.74) is 1.40. The van der Waals surface area contributed by atoms with E-state index in [2.05, 4.69) is 37.1 Å². The van der Waals surface area contributed by atoms with Crippen LogP contribution < -0.4 is 10.1 Å². The molecule has 0 amide bonds. The van der Waals surface area contributed by atoms with Crippen molar-refractivity contribution in [3.63, 3.8) is 0 Å². The minimum absolute atomic E-state index is 0.148. The number of hydrogen-bond acceptors (Lipinski definition) is 3. The second-order valence-corrected chi connectivity index (χ2v) is 6.12. The molecule has 2 aromatic rings. The van der Waals surface area contributed by atoms with Gasteiger partial charge < -0.3 is 10.1 Å². The molecular formula is C18H24N2O. The zero-order chi connectivity index (χ0) is 15.1. The highest BCUT2D eigenvalue weighted by atomic mass is 16.5. The molecule has 1 N–H and O–H groups in total. The van der Waals surface area contributed by atoms with Gasteiger partial charge in [-0.3, -0.25) is 0 Å². The average Bonchev–Trinajstić information content (AvgIpc) is 2.47. The first-order valence-corrected chi connectivity index (χ1v) is 7.44. The van der Waals surface area contributed by atoms with Crippen LogP contribution >= 0.6 is 0 Å². The number of hydrogen-bond donors (Lipinski definition) is 1. The van der Waals surface area contributed by atoms with Gasteiger partial charge in [-0.2, -0.15) is 0 Å². The number of aromatic nitrogens is 1. The molecule has 0 unspecified atom stereocenters. The largest absolute Gasteiger partial charge is 0.494 e. The Kier molecular flexibility index (Phi) is 5.20. The summed E-state index contributed by atoms with van der Waals surface area (Å²) in [6.07, 6.45) is 2.89. The maximum Gasteiger partial charge on any atom is 0.125 e. The monoisotopic (exact) mass is 284 g/mol. The summed E-state index contributed by atoms with van der Waals surface area (Å²) < 4.78 is 5.65. The Morgan fingerprint density at radius 1 is 1.05 bits per heavy atom. The maximum atomic E-state index is 5.65. The normalized spacial score (nSPS) is 11.2. The van der Waals surface area contributed by atoms with Crippen molar-refractivity contribution in [2.75, 3.05) is 18.5 Å². The number of anilines is 1. The second-order valence-electron chi connectivity index (χ2n) is 6.12. The van der Waals surface area contributed by atoms with Gasteiger partial charge in [0.1, 0.15) is 11.6 Å². The molecule has 112 valence electrons. The van der Waals surface area contributed by atoms with Crippen molar-refractivity contribution in [2.45, 2.75) is 32.6 Å². The molecule has 0 atom stereocenters. The highest BCUT2D eigenvalue weighted by Gasteiger charge is 2.13. The Labute approximate surface area is 127 Å². The van der Waals surface area contributed by atoms with E-state index >= 15 is 0 Å². The van der Waals surface area contributed by atoms with Gasteiger partial charge in [0.25, 0.3) is 0 Å². The van der Waals surface area contributed by atoms with Crippen LogP contribution in [0.4, 0.5) is 5.82 Å². The predicted octanol–water partition coefficient (Wildman–Crippen LogP) is 4.26. The zero-order valence-corrected chi connectivity index (χ0v) is 13.1. The van der Waals surface area contributed by atoms with Crippen molar-refractivity contribution in [3.05, 3.63) is 54.2 Å². The standard InChI is InChI=1S/C18H24N2O/c1-18(2,3)15-10-11-17(20-14-15)19-12-7-13-21-16-8-5-4-6-9-16/h4-6,8-11,14H,7,12-13H2,1-3H3,(H,19,20). The summed E-state index contributed by atoms with van der Waals surface area (Å²) in [7, 11) is 0. The van der Waals surface area contributed by atoms with Gasteiger partial charge in [-0.05, 0) is 35.6 Å². The van der Waals surface area contributed by atoms with Crippen LogP contribution in [0.25, 0.3) is 0 Å². The van der Waals surface area contributed by atoms with Crippen molar-refractivity contribution in [3.8, 4) is 5.75 Å². The van der Waals surface area contributed by atoms with Crippen LogP contribution in [0.5, 0.6) is 5.75 Å². The van der Waals surface area contributed by atoms with Crippen LogP contribution in [0.3, 0.4) is 0 Å². The molecule has 1 heterocycles. The number of pyridine rings is 1. The van der Waals surface area contributed by atoms with Crippen LogP contribution in [0.1, 0.15) is 32.8 Å². The van der Waals surface area contributed by atoms with Crippen molar-refractivity contribution >= 4 is 5.82 Å². The number of nitrogens with one attached hydrogen (secondary N) is 1. The van der Waals surface area contributed by atoms with E-state index < -0.39 is 0 Å². The fraction of sp³-hybridized carbons (Fsp3) is 0.389. The summed E-state index contributed by atoms with van der Waals surface area (Å²) in [5, 5.41) is 3.32. The fourth-order valence-corrected chi connectivity index (χ4v) is 1.94. The maximum absolute atomic E-state index is 5.65. The number of benzene rings is 1. The van der Waals surface area contributed by atoms with E-state index in [-0.39, 0.29) is 5.41 Å². The van der Waals surface area contributed by atoms with Gasteiger partial charge in [0.2, 0.25) is 0 Å². The van der Waals surface area contributed by atoms with Gasteiger partial charge in [0.05, 0.1) is 6.61 Å². The molecule has 3 heteroatoms. The summed E-state index contributed by atoms with van der Waals surface area (Å²) in [6.45, 7) is 8.14. The number of para-hydroxylation sites is 1. The lowest BCUT2D eigenvalue weighted by Crippen LogP contribution is -2.12. The van der Waals surface area contributed by atoms with Crippen molar-refractivity contribution < 1.29 is 4.74 Å². The van der Waals surface area contributed by atoms with Crippen molar-refractivity contribution in [1.82, 2.24) is 4.98 Å². The second kappa shape index (κ2) is 7.11. The van der Waals surface area contributed by atoms with Gasteiger partial charge in [0, 0.05) is 12.7 Å². The quantitative estimate of drug-likeness (QED) is 0.805. The van der Waals surface area contributed by atoms with E-state index in [1.54, 1.807) is 0 Å². The zero-order valence-electron chi connectivity index (χ0n) is 13.1. The predicted molar refractivity (Wildman–Crippen MR) is 88.0 cm³/mol. The molecule has 0 bridgehead atoms. The summed E-state index contributed by atoms with van der Waals surface area (Å²) >= 11 is 0. The van der Waals surface area contributed by atoms with E-state index in [4.69, 9.17) is 4.74 Å². The van der Waals surface area contributed by atoms with Crippen LogP contribution in [-0.2, 0) is 5.41 Å². The van der Waals surface area contributed by atoms with E-state index in [0.29, 0.717) is 6.61 Å². The first-order chi connectivity index (χ1) is 10.1. The Balaban J connectivity index is 1.69. The Hall–Kier alpha value is -2.03.